The highest BCUT2D eigenvalue weighted by Gasteiger charge is 2.14. The van der Waals surface area contributed by atoms with Gasteiger partial charge in [0.2, 0.25) is 11.8 Å². The number of pyridine rings is 1. The number of halogens is 2. The van der Waals surface area contributed by atoms with Gasteiger partial charge >= 0.3 is 0 Å². The lowest BCUT2D eigenvalue weighted by Gasteiger charge is -2.08. The van der Waals surface area contributed by atoms with Gasteiger partial charge in [-0.1, -0.05) is 35.0 Å². The minimum Gasteiger partial charge on any atom is -0.497 e. The number of anilines is 1. The molecule has 0 saturated carbocycles. The number of hydrogen-bond donors (Lipinski definition) is 1. The molecule has 2 heterocycles. The number of ether oxygens (including phenoxy) is 1. The molecule has 0 radical (unpaired) electrons. The smallest absolute Gasteiger partial charge is 0.277 e. The summed E-state index contributed by atoms with van der Waals surface area (Å²) in [4.78, 5) is 16.1. The molecule has 1 amide bonds. The lowest BCUT2D eigenvalue weighted by molar-refractivity contribution is -0.113. The van der Waals surface area contributed by atoms with Crippen molar-refractivity contribution in [3.05, 3.63) is 46.1 Å². The Balaban J connectivity index is 1.59. The van der Waals surface area contributed by atoms with E-state index >= 15 is 0 Å². The molecule has 140 valence electrons. The Hall–Kier alpha value is -2.29. The molecule has 3 aromatic rings. The fourth-order valence-corrected chi connectivity index (χ4v) is 3.01. The Morgan fingerprint density at radius 2 is 2.00 bits per heavy atom. The summed E-state index contributed by atoms with van der Waals surface area (Å²) in [6.07, 6.45) is 1.44. The van der Waals surface area contributed by atoms with E-state index in [9.17, 15) is 4.79 Å². The molecule has 1 N–H and O–H groups in total. The molecule has 1 aromatic carbocycles. The Bertz CT molecular complexity index is 963. The molecule has 0 atom stereocenters. The third kappa shape index (κ3) is 4.71. The summed E-state index contributed by atoms with van der Waals surface area (Å²) >= 11 is 13.2. The van der Waals surface area contributed by atoms with Crippen LogP contribution >= 0.6 is 35.0 Å². The zero-order valence-electron chi connectivity index (χ0n) is 14.3. The number of benzene rings is 1. The van der Waals surface area contributed by atoms with Crippen molar-refractivity contribution in [2.45, 2.75) is 12.1 Å². The number of nitrogens with zero attached hydrogens (tertiary/aromatic N) is 3. The second kappa shape index (κ2) is 8.60. The summed E-state index contributed by atoms with van der Waals surface area (Å²) in [5.41, 5.74) is 1.41. The zero-order valence-corrected chi connectivity index (χ0v) is 16.7. The molecule has 27 heavy (non-hydrogen) atoms. The number of hydrogen-bond acceptors (Lipinski definition) is 7. The van der Waals surface area contributed by atoms with Gasteiger partial charge < -0.3 is 14.5 Å². The third-order valence-corrected chi connectivity index (χ3v) is 5.19. The van der Waals surface area contributed by atoms with Gasteiger partial charge in [0.25, 0.3) is 5.22 Å². The number of methoxy groups -OCH3 is 1. The van der Waals surface area contributed by atoms with Gasteiger partial charge in [0.1, 0.15) is 5.75 Å². The van der Waals surface area contributed by atoms with Gasteiger partial charge in [0.05, 0.1) is 22.9 Å². The van der Waals surface area contributed by atoms with E-state index in [2.05, 4.69) is 20.5 Å². The number of carbonyl (C=O) groups excluding carboxylic acids is 1. The van der Waals surface area contributed by atoms with Crippen LogP contribution in [0.1, 0.15) is 5.56 Å². The Morgan fingerprint density at radius 1 is 1.26 bits per heavy atom. The largest absolute Gasteiger partial charge is 0.497 e. The molecule has 0 spiro atoms. The first-order chi connectivity index (χ1) is 13.0. The summed E-state index contributed by atoms with van der Waals surface area (Å²) in [5, 5.41) is 11.6. The maximum atomic E-state index is 12.1. The minimum absolute atomic E-state index is 0.0595. The van der Waals surface area contributed by atoms with Crippen LogP contribution in [0.5, 0.6) is 5.75 Å². The van der Waals surface area contributed by atoms with Gasteiger partial charge in [-0.05, 0) is 36.8 Å². The summed E-state index contributed by atoms with van der Waals surface area (Å²) in [5.74, 6) is 1.10. The van der Waals surface area contributed by atoms with Crippen LogP contribution in [-0.4, -0.2) is 34.0 Å². The molecule has 7 nitrogen and oxygen atoms in total. The van der Waals surface area contributed by atoms with E-state index in [-0.39, 0.29) is 22.7 Å². The van der Waals surface area contributed by atoms with Crippen LogP contribution in [0.4, 0.5) is 5.82 Å². The summed E-state index contributed by atoms with van der Waals surface area (Å²) in [6, 6.07) is 7.21. The molecular formula is C17H14Cl2N4O3S. The molecule has 0 aliphatic heterocycles. The molecular weight excluding hydrogens is 411 g/mol. The lowest BCUT2D eigenvalue weighted by Crippen LogP contribution is -2.15. The Labute approximate surface area is 169 Å². The van der Waals surface area contributed by atoms with E-state index in [1.165, 1.54) is 6.20 Å². The zero-order chi connectivity index (χ0) is 19.4. The first-order valence-electron chi connectivity index (χ1n) is 7.69. The van der Waals surface area contributed by atoms with Gasteiger partial charge in [-0.25, -0.2) is 4.98 Å². The SMILES string of the molecule is COc1ccc(-c2nnc(SCC(=O)Nc3ncc(Cl)c(C)c3Cl)o2)cc1. The van der Waals surface area contributed by atoms with E-state index in [1.54, 1.807) is 26.2 Å². The number of thioether (sulfide) groups is 1. The van der Waals surface area contributed by atoms with Gasteiger partial charge in [0.15, 0.2) is 5.82 Å². The number of rotatable bonds is 6. The van der Waals surface area contributed by atoms with E-state index in [0.29, 0.717) is 21.5 Å². The van der Waals surface area contributed by atoms with Crippen LogP contribution < -0.4 is 10.1 Å². The third-order valence-electron chi connectivity index (χ3n) is 3.53. The van der Waals surface area contributed by atoms with Crippen molar-refractivity contribution in [3.8, 4) is 17.2 Å². The fraction of sp³-hybridized carbons (Fsp3) is 0.176. The number of carbonyl (C=O) groups is 1. The molecule has 0 aliphatic rings. The van der Waals surface area contributed by atoms with Crippen LogP contribution in [-0.2, 0) is 4.79 Å². The maximum absolute atomic E-state index is 12.1. The summed E-state index contributed by atoms with van der Waals surface area (Å²) in [7, 11) is 1.59. The summed E-state index contributed by atoms with van der Waals surface area (Å²) < 4.78 is 10.7. The molecule has 0 fully saturated rings. The number of nitrogens with one attached hydrogen (secondary N) is 1. The summed E-state index contributed by atoms with van der Waals surface area (Å²) in [6.45, 7) is 1.75. The standard InChI is InChI=1S/C17H14Cl2N4O3S/c1-9-12(18)7-20-15(14(9)19)21-13(24)8-27-17-23-22-16(26-17)10-3-5-11(25-2)6-4-10/h3-7H,8H2,1-2H3,(H,20,21,24). The first-order valence-corrected chi connectivity index (χ1v) is 9.43. The van der Waals surface area contributed by atoms with E-state index in [4.69, 9.17) is 32.4 Å². The van der Waals surface area contributed by atoms with E-state index in [1.807, 2.05) is 12.1 Å². The molecule has 10 heteroatoms. The molecule has 3 rings (SSSR count). The highest BCUT2D eigenvalue weighted by Crippen LogP contribution is 2.29. The van der Waals surface area contributed by atoms with Gasteiger partial charge in [-0.3, -0.25) is 4.79 Å². The lowest BCUT2D eigenvalue weighted by atomic mass is 10.2. The quantitative estimate of drug-likeness (QED) is 0.582. The van der Waals surface area contributed by atoms with Crippen molar-refractivity contribution < 1.29 is 13.9 Å². The van der Waals surface area contributed by atoms with Crippen LogP contribution in [0.15, 0.2) is 40.1 Å². The maximum Gasteiger partial charge on any atom is 0.277 e. The first kappa shape index (κ1) is 19.5. The monoisotopic (exact) mass is 424 g/mol. The van der Waals surface area contributed by atoms with Crippen LogP contribution in [0.2, 0.25) is 10.0 Å². The highest BCUT2D eigenvalue weighted by atomic mass is 35.5. The predicted octanol–water partition coefficient (Wildman–Crippen LogP) is 4.49. The van der Waals surface area contributed by atoms with E-state index < -0.39 is 0 Å². The number of amides is 1. The van der Waals surface area contributed by atoms with Crippen LogP contribution in [0, 0.1) is 6.92 Å². The van der Waals surface area contributed by atoms with Crippen LogP contribution in [0.25, 0.3) is 11.5 Å². The molecule has 0 unspecified atom stereocenters. The normalized spacial score (nSPS) is 10.7. The van der Waals surface area contributed by atoms with Crippen LogP contribution in [0.3, 0.4) is 0 Å². The van der Waals surface area contributed by atoms with Crippen molar-refractivity contribution in [1.82, 2.24) is 15.2 Å². The Morgan fingerprint density at radius 3 is 2.70 bits per heavy atom. The molecule has 0 saturated heterocycles. The van der Waals surface area contributed by atoms with Crippen molar-refractivity contribution in [2.24, 2.45) is 0 Å². The molecule has 0 aliphatic carbocycles. The second-order valence-corrected chi connectivity index (χ2v) is 7.04. The second-order valence-electron chi connectivity index (χ2n) is 5.33. The Kier molecular flexibility index (Phi) is 6.20. The molecule has 2 aromatic heterocycles. The van der Waals surface area contributed by atoms with Crippen molar-refractivity contribution in [1.29, 1.82) is 0 Å². The van der Waals surface area contributed by atoms with Gasteiger partial charge in [-0.15, -0.1) is 10.2 Å². The molecule has 0 bridgehead atoms. The van der Waals surface area contributed by atoms with Crippen molar-refractivity contribution in [3.63, 3.8) is 0 Å². The van der Waals surface area contributed by atoms with Gasteiger partial charge in [-0.2, -0.15) is 0 Å². The highest BCUT2D eigenvalue weighted by molar-refractivity contribution is 7.99. The van der Waals surface area contributed by atoms with Crippen molar-refractivity contribution >= 4 is 46.7 Å². The average Bonchev–Trinajstić information content (AvgIpc) is 3.16. The van der Waals surface area contributed by atoms with Crippen molar-refractivity contribution in [2.75, 3.05) is 18.2 Å². The predicted molar refractivity (Wildman–Crippen MR) is 105 cm³/mol. The topological polar surface area (TPSA) is 90.1 Å². The fourth-order valence-electron chi connectivity index (χ4n) is 2.06. The average molecular weight is 425 g/mol. The van der Waals surface area contributed by atoms with Gasteiger partial charge in [0, 0.05) is 11.8 Å². The number of aromatic nitrogens is 3. The van der Waals surface area contributed by atoms with E-state index in [0.717, 1.165) is 23.1 Å². The minimum atomic E-state index is -0.305.